The van der Waals surface area contributed by atoms with E-state index in [1.54, 1.807) is 0 Å². The number of carbonyl (C=O) groups excluding carboxylic acids is 1. The molecule has 0 heterocycles. The van der Waals surface area contributed by atoms with Gasteiger partial charge in [-0.3, -0.25) is 4.79 Å². The van der Waals surface area contributed by atoms with Gasteiger partial charge in [-0.25, -0.2) is 0 Å². The molecule has 1 aliphatic rings. The third-order valence-electron chi connectivity index (χ3n) is 1.46. The van der Waals surface area contributed by atoms with E-state index < -0.39 is 0 Å². The second-order valence-corrected chi connectivity index (χ2v) is 2.75. The van der Waals surface area contributed by atoms with E-state index in [9.17, 15) is 4.79 Å². The molecule has 0 aromatic carbocycles. The van der Waals surface area contributed by atoms with E-state index >= 15 is 0 Å². The molecule has 0 radical (unpaired) electrons. The van der Waals surface area contributed by atoms with Gasteiger partial charge in [0.2, 0.25) is 0 Å². The molecule has 2 nitrogen and oxygen atoms in total. The van der Waals surface area contributed by atoms with Gasteiger partial charge < -0.3 is 4.74 Å². The molecule has 0 aliphatic heterocycles. The van der Waals surface area contributed by atoms with E-state index in [2.05, 4.69) is 12.6 Å². The Hall–Kier alpha value is 0.820. The van der Waals surface area contributed by atoms with Crippen LogP contribution in [0, 0.1) is 0 Å². The molecule has 4 heteroatoms. The van der Waals surface area contributed by atoms with Crippen LogP contribution in [0.3, 0.4) is 0 Å². The van der Waals surface area contributed by atoms with Gasteiger partial charge in [0, 0.05) is 12.7 Å². The fourth-order valence-corrected chi connectivity index (χ4v) is 1.12. The van der Waals surface area contributed by atoms with Crippen LogP contribution >= 0.6 is 12.6 Å². The number of carbonyl (C=O) groups is 1. The predicted molar refractivity (Wildman–Crippen MR) is 44.7 cm³/mol. The Morgan fingerprint density at radius 3 is 2.30 bits per heavy atom. The third kappa shape index (κ3) is 2.82. The average molecular weight is 170 g/mol. The van der Waals surface area contributed by atoms with Gasteiger partial charge >= 0.3 is 35.5 Å². The molecule has 10 heavy (non-hydrogen) atoms. The minimum atomic E-state index is -0.193. The van der Waals surface area contributed by atoms with Crippen LogP contribution in [0.2, 0.25) is 0 Å². The quantitative estimate of drug-likeness (QED) is 0.368. The molecule has 0 saturated heterocycles. The standard InChI is InChI=1S/C6H10O2S.Na.H/c1-5(7)8-6(4-9)2-3-6;;/h9H,2-4H2,1H3;;. The van der Waals surface area contributed by atoms with Gasteiger partial charge in [0.25, 0.3) is 0 Å². The van der Waals surface area contributed by atoms with E-state index in [0.29, 0.717) is 5.75 Å². The molecule has 1 aliphatic carbocycles. The van der Waals surface area contributed by atoms with Crippen LogP contribution < -0.4 is 0 Å². The molecule has 0 N–H and O–H groups in total. The van der Waals surface area contributed by atoms with E-state index in [1.807, 2.05) is 0 Å². The van der Waals surface area contributed by atoms with Crippen LogP contribution in [-0.2, 0) is 9.53 Å². The first-order valence-electron chi connectivity index (χ1n) is 2.99. The Morgan fingerprint density at radius 1 is 1.70 bits per heavy atom. The summed E-state index contributed by atoms with van der Waals surface area (Å²) >= 11 is 4.06. The molecule has 0 unspecified atom stereocenters. The molecular formula is C6H11NaO2S. The van der Waals surface area contributed by atoms with E-state index in [4.69, 9.17) is 4.74 Å². The molecule has 0 spiro atoms. The van der Waals surface area contributed by atoms with Gasteiger partial charge in [-0.2, -0.15) is 12.6 Å². The number of rotatable bonds is 2. The molecule has 0 atom stereocenters. The third-order valence-corrected chi connectivity index (χ3v) is 2.03. The monoisotopic (exact) mass is 170 g/mol. The van der Waals surface area contributed by atoms with Crippen molar-refractivity contribution in [1.82, 2.24) is 0 Å². The summed E-state index contributed by atoms with van der Waals surface area (Å²) in [4.78, 5) is 10.4. The van der Waals surface area contributed by atoms with E-state index in [-0.39, 0.29) is 41.1 Å². The number of hydrogen-bond donors (Lipinski definition) is 1. The maximum absolute atomic E-state index is 10.4. The maximum atomic E-state index is 10.4. The van der Waals surface area contributed by atoms with Crippen molar-refractivity contribution in [1.29, 1.82) is 0 Å². The molecule has 1 rings (SSSR count). The number of esters is 1. The zero-order valence-electron chi connectivity index (χ0n) is 5.39. The van der Waals surface area contributed by atoms with Crippen molar-refractivity contribution in [2.24, 2.45) is 0 Å². The van der Waals surface area contributed by atoms with Crippen LogP contribution in [0.5, 0.6) is 0 Å². The van der Waals surface area contributed by atoms with Gasteiger partial charge in [-0.1, -0.05) is 0 Å². The summed E-state index contributed by atoms with van der Waals surface area (Å²) < 4.78 is 4.98. The van der Waals surface area contributed by atoms with Crippen molar-refractivity contribution in [2.45, 2.75) is 25.4 Å². The topological polar surface area (TPSA) is 26.3 Å². The van der Waals surface area contributed by atoms with Crippen molar-refractivity contribution in [2.75, 3.05) is 5.75 Å². The second-order valence-electron chi connectivity index (χ2n) is 2.43. The summed E-state index contributed by atoms with van der Waals surface area (Å²) in [6.07, 6.45) is 1.96. The van der Waals surface area contributed by atoms with Gasteiger partial charge in [-0.05, 0) is 12.8 Å². The zero-order chi connectivity index (χ0) is 6.91. The van der Waals surface area contributed by atoms with E-state index in [1.165, 1.54) is 6.92 Å². The molecule has 54 valence electrons. The van der Waals surface area contributed by atoms with Crippen LogP contribution in [0.25, 0.3) is 0 Å². The second kappa shape index (κ2) is 4.00. The summed E-state index contributed by atoms with van der Waals surface area (Å²) in [6, 6.07) is 0. The first kappa shape index (κ1) is 10.8. The Bertz CT molecular complexity index is 134. The summed E-state index contributed by atoms with van der Waals surface area (Å²) in [6.45, 7) is 1.43. The first-order valence-corrected chi connectivity index (χ1v) is 3.62. The van der Waals surface area contributed by atoms with Crippen LogP contribution in [-0.4, -0.2) is 46.9 Å². The van der Waals surface area contributed by atoms with Gasteiger partial charge in [0.1, 0.15) is 5.60 Å². The summed E-state index contributed by atoms with van der Waals surface area (Å²) in [5, 5.41) is 0. The van der Waals surface area contributed by atoms with Crippen molar-refractivity contribution in [3.8, 4) is 0 Å². The first-order chi connectivity index (χ1) is 4.18. The Morgan fingerprint density at radius 2 is 2.20 bits per heavy atom. The normalized spacial score (nSPS) is 19.0. The fraction of sp³-hybridized carbons (Fsp3) is 0.833. The minimum absolute atomic E-state index is 0. The van der Waals surface area contributed by atoms with Crippen molar-refractivity contribution < 1.29 is 9.53 Å². The number of ether oxygens (including phenoxy) is 1. The van der Waals surface area contributed by atoms with Crippen molar-refractivity contribution in [3.05, 3.63) is 0 Å². The molecule has 1 fully saturated rings. The molecule has 0 aromatic rings. The van der Waals surface area contributed by atoms with Crippen LogP contribution in [0.1, 0.15) is 19.8 Å². The summed E-state index contributed by atoms with van der Waals surface area (Å²) in [5.41, 5.74) is -0.172. The van der Waals surface area contributed by atoms with Gasteiger partial charge in [0.05, 0.1) is 0 Å². The number of thiol groups is 1. The van der Waals surface area contributed by atoms with E-state index in [0.717, 1.165) is 12.8 Å². The summed E-state index contributed by atoms with van der Waals surface area (Å²) in [5.74, 6) is 0.466. The average Bonchev–Trinajstić information content (AvgIpc) is 2.48. The fourth-order valence-electron chi connectivity index (χ4n) is 0.737. The molecule has 0 amide bonds. The Kier molecular flexibility index (Phi) is 4.33. The zero-order valence-corrected chi connectivity index (χ0v) is 6.28. The van der Waals surface area contributed by atoms with Gasteiger partial charge in [0.15, 0.2) is 0 Å². The van der Waals surface area contributed by atoms with Crippen LogP contribution in [0.15, 0.2) is 0 Å². The van der Waals surface area contributed by atoms with Crippen molar-refractivity contribution >= 4 is 48.2 Å². The molecular weight excluding hydrogens is 159 g/mol. The number of hydrogen-bond acceptors (Lipinski definition) is 3. The predicted octanol–water partition coefficient (Wildman–Crippen LogP) is 0.363. The van der Waals surface area contributed by atoms with Crippen molar-refractivity contribution in [3.63, 3.8) is 0 Å². The SMILES string of the molecule is CC(=O)OC1(CS)CC1.[NaH]. The Labute approximate surface area is 88.4 Å². The molecule has 1 saturated carbocycles. The Balaban J connectivity index is 0.000000810. The van der Waals surface area contributed by atoms with Gasteiger partial charge in [-0.15, -0.1) is 0 Å². The molecule has 0 bridgehead atoms. The summed E-state index contributed by atoms with van der Waals surface area (Å²) in [7, 11) is 0. The molecule has 0 aromatic heterocycles. The van der Waals surface area contributed by atoms with Crippen LogP contribution in [0.4, 0.5) is 0 Å².